The normalized spacial score (nSPS) is 29.2. The zero-order valence-corrected chi connectivity index (χ0v) is 7.58. The molecule has 1 saturated heterocycles. The van der Waals surface area contributed by atoms with Gasteiger partial charge in [0.05, 0.1) is 6.10 Å². The van der Waals surface area contributed by atoms with Crippen molar-refractivity contribution in [3.05, 3.63) is 12.7 Å². The molecule has 0 aliphatic carbocycles. The first kappa shape index (κ1) is 9.46. The van der Waals surface area contributed by atoms with Gasteiger partial charge in [-0.25, -0.2) is 0 Å². The first-order valence-corrected chi connectivity index (χ1v) is 4.57. The van der Waals surface area contributed by atoms with Crippen LogP contribution in [-0.2, 0) is 9.53 Å². The van der Waals surface area contributed by atoms with Crippen LogP contribution in [0.15, 0.2) is 12.7 Å². The monoisotopic (exact) mass is 168 g/mol. The van der Waals surface area contributed by atoms with Gasteiger partial charge in [0.2, 0.25) is 0 Å². The summed E-state index contributed by atoms with van der Waals surface area (Å²) in [6, 6.07) is 0. The largest absolute Gasteiger partial charge is 0.366 e. The third-order valence-electron chi connectivity index (χ3n) is 2.14. The average molecular weight is 168 g/mol. The molecular formula is C10H16O2. The number of Topliss-reactive ketones (excluding diaryl/α,β-unsaturated/α-hetero) is 1. The van der Waals surface area contributed by atoms with Crippen LogP contribution in [0.5, 0.6) is 0 Å². The van der Waals surface area contributed by atoms with E-state index in [2.05, 4.69) is 13.5 Å². The summed E-state index contributed by atoms with van der Waals surface area (Å²) in [6.07, 6.45) is 5.08. The van der Waals surface area contributed by atoms with Crippen LogP contribution in [0, 0.1) is 0 Å². The first-order valence-electron chi connectivity index (χ1n) is 4.57. The van der Waals surface area contributed by atoms with Crippen molar-refractivity contribution in [2.24, 2.45) is 0 Å². The van der Waals surface area contributed by atoms with E-state index in [-0.39, 0.29) is 18.0 Å². The number of ketones is 1. The number of carbonyl (C=O) groups excluding carboxylic acids is 1. The Balaban J connectivity index is 2.38. The van der Waals surface area contributed by atoms with Gasteiger partial charge in [0.1, 0.15) is 6.10 Å². The molecule has 0 spiro atoms. The lowest BCUT2D eigenvalue weighted by molar-refractivity contribution is -0.122. The van der Waals surface area contributed by atoms with Crippen LogP contribution in [0.3, 0.4) is 0 Å². The van der Waals surface area contributed by atoms with E-state index in [1.807, 2.05) is 0 Å². The molecule has 0 N–H and O–H groups in total. The van der Waals surface area contributed by atoms with Gasteiger partial charge in [0.15, 0.2) is 5.78 Å². The van der Waals surface area contributed by atoms with Crippen LogP contribution < -0.4 is 0 Å². The van der Waals surface area contributed by atoms with E-state index in [9.17, 15) is 4.79 Å². The van der Waals surface area contributed by atoms with E-state index < -0.39 is 0 Å². The highest BCUT2D eigenvalue weighted by atomic mass is 16.5. The summed E-state index contributed by atoms with van der Waals surface area (Å²) in [4.78, 5) is 11.3. The zero-order valence-electron chi connectivity index (χ0n) is 7.58. The molecular weight excluding hydrogens is 152 g/mol. The Labute approximate surface area is 73.6 Å². The van der Waals surface area contributed by atoms with Gasteiger partial charge in [-0.05, 0) is 12.8 Å². The Morgan fingerprint density at radius 2 is 2.50 bits per heavy atom. The molecule has 1 fully saturated rings. The van der Waals surface area contributed by atoms with Gasteiger partial charge in [0.25, 0.3) is 0 Å². The minimum Gasteiger partial charge on any atom is -0.366 e. The Morgan fingerprint density at radius 1 is 1.75 bits per heavy atom. The van der Waals surface area contributed by atoms with Gasteiger partial charge < -0.3 is 4.74 Å². The number of hydrogen-bond donors (Lipinski definition) is 0. The lowest BCUT2D eigenvalue weighted by Gasteiger charge is -2.09. The van der Waals surface area contributed by atoms with Gasteiger partial charge in [-0.3, -0.25) is 4.79 Å². The standard InChI is InChI=1S/C10H16O2/c1-3-5-8-7-9(11)10(12-8)6-4-2/h4,8,10H,2-3,5-7H2,1H3/t8-,10-/m0/s1. The molecule has 0 aromatic rings. The first-order chi connectivity index (χ1) is 5.77. The number of rotatable bonds is 4. The van der Waals surface area contributed by atoms with Crippen LogP contribution in [0.1, 0.15) is 32.6 Å². The molecule has 1 heterocycles. The number of hydrogen-bond acceptors (Lipinski definition) is 2. The maximum atomic E-state index is 11.3. The summed E-state index contributed by atoms with van der Waals surface area (Å²) in [7, 11) is 0. The average Bonchev–Trinajstić information content (AvgIpc) is 2.34. The Kier molecular flexibility index (Phi) is 3.48. The summed E-state index contributed by atoms with van der Waals surface area (Å²) in [6.45, 7) is 5.70. The van der Waals surface area contributed by atoms with E-state index in [1.54, 1.807) is 6.08 Å². The van der Waals surface area contributed by atoms with Crippen molar-refractivity contribution in [2.75, 3.05) is 0 Å². The fourth-order valence-corrected chi connectivity index (χ4v) is 1.54. The van der Waals surface area contributed by atoms with Gasteiger partial charge in [0, 0.05) is 6.42 Å². The molecule has 1 rings (SSSR count). The fourth-order valence-electron chi connectivity index (χ4n) is 1.54. The summed E-state index contributed by atoms with van der Waals surface area (Å²) in [5.74, 6) is 0.244. The molecule has 1 aliphatic heterocycles. The third-order valence-corrected chi connectivity index (χ3v) is 2.14. The van der Waals surface area contributed by atoms with Crippen LogP contribution in [0.25, 0.3) is 0 Å². The van der Waals surface area contributed by atoms with Crippen molar-refractivity contribution in [3.63, 3.8) is 0 Å². The maximum Gasteiger partial charge on any atom is 0.164 e. The lowest BCUT2D eigenvalue weighted by atomic mass is 10.1. The van der Waals surface area contributed by atoms with Crippen LogP contribution in [-0.4, -0.2) is 18.0 Å². The molecule has 0 aromatic heterocycles. The van der Waals surface area contributed by atoms with Gasteiger partial charge in [-0.1, -0.05) is 19.4 Å². The third kappa shape index (κ3) is 2.18. The highest BCUT2D eigenvalue weighted by Gasteiger charge is 2.31. The fraction of sp³-hybridized carbons (Fsp3) is 0.700. The van der Waals surface area contributed by atoms with Crippen molar-refractivity contribution >= 4 is 5.78 Å². The highest BCUT2D eigenvalue weighted by molar-refractivity contribution is 5.85. The van der Waals surface area contributed by atoms with Crippen molar-refractivity contribution in [2.45, 2.75) is 44.8 Å². The Morgan fingerprint density at radius 3 is 3.08 bits per heavy atom. The van der Waals surface area contributed by atoms with Crippen molar-refractivity contribution in [1.82, 2.24) is 0 Å². The summed E-state index contributed by atoms with van der Waals surface area (Å²) < 4.78 is 5.53. The van der Waals surface area contributed by atoms with Crippen LogP contribution >= 0.6 is 0 Å². The van der Waals surface area contributed by atoms with Crippen molar-refractivity contribution in [3.8, 4) is 0 Å². The molecule has 0 amide bonds. The summed E-state index contributed by atoms with van der Waals surface area (Å²) in [5.41, 5.74) is 0. The number of ether oxygens (including phenoxy) is 1. The molecule has 2 nitrogen and oxygen atoms in total. The molecule has 2 atom stereocenters. The topological polar surface area (TPSA) is 26.3 Å². The minimum absolute atomic E-state index is 0.174. The van der Waals surface area contributed by atoms with E-state index in [0.717, 1.165) is 12.8 Å². The summed E-state index contributed by atoms with van der Waals surface area (Å²) >= 11 is 0. The van der Waals surface area contributed by atoms with E-state index in [4.69, 9.17) is 4.74 Å². The van der Waals surface area contributed by atoms with Crippen molar-refractivity contribution < 1.29 is 9.53 Å². The molecule has 12 heavy (non-hydrogen) atoms. The smallest absolute Gasteiger partial charge is 0.164 e. The molecule has 0 unspecified atom stereocenters. The summed E-state index contributed by atoms with van der Waals surface area (Å²) in [5, 5.41) is 0. The van der Waals surface area contributed by atoms with E-state index in [0.29, 0.717) is 12.8 Å². The molecule has 0 radical (unpaired) electrons. The minimum atomic E-state index is -0.195. The van der Waals surface area contributed by atoms with Crippen LogP contribution in [0.2, 0.25) is 0 Å². The van der Waals surface area contributed by atoms with Gasteiger partial charge in [-0.15, -0.1) is 6.58 Å². The molecule has 2 heteroatoms. The second kappa shape index (κ2) is 4.41. The van der Waals surface area contributed by atoms with Gasteiger partial charge in [-0.2, -0.15) is 0 Å². The number of carbonyl (C=O) groups is 1. The quantitative estimate of drug-likeness (QED) is 0.601. The zero-order chi connectivity index (χ0) is 8.97. The van der Waals surface area contributed by atoms with E-state index >= 15 is 0 Å². The predicted octanol–water partition coefficient (Wildman–Crippen LogP) is 2.09. The molecule has 0 saturated carbocycles. The van der Waals surface area contributed by atoms with Crippen LogP contribution in [0.4, 0.5) is 0 Å². The van der Waals surface area contributed by atoms with E-state index in [1.165, 1.54) is 0 Å². The van der Waals surface area contributed by atoms with Crippen molar-refractivity contribution in [1.29, 1.82) is 0 Å². The second-order valence-electron chi connectivity index (χ2n) is 3.23. The van der Waals surface area contributed by atoms with Gasteiger partial charge >= 0.3 is 0 Å². The molecule has 0 bridgehead atoms. The highest BCUT2D eigenvalue weighted by Crippen LogP contribution is 2.22. The molecule has 0 aromatic carbocycles. The lowest BCUT2D eigenvalue weighted by Crippen LogP contribution is -2.14. The maximum absolute atomic E-state index is 11.3. The second-order valence-corrected chi connectivity index (χ2v) is 3.23. The SMILES string of the molecule is C=CC[C@@H]1O[C@@H](CCC)CC1=O. The molecule has 68 valence electrons. The Hall–Kier alpha value is -0.630. The molecule has 1 aliphatic rings. The Bertz CT molecular complexity index is 175. The predicted molar refractivity (Wildman–Crippen MR) is 48.0 cm³/mol.